The quantitative estimate of drug-likeness (QED) is 0.864. The van der Waals surface area contributed by atoms with Crippen molar-refractivity contribution in [2.45, 2.75) is 17.7 Å². The second kappa shape index (κ2) is 5.13. The first-order chi connectivity index (χ1) is 8.43. The molecule has 0 aliphatic carbocycles. The zero-order chi connectivity index (χ0) is 13.3. The Bertz CT molecular complexity index is 581. The number of nitrogens with zero attached hydrogens (tertiary/aromatic N) is 1. The number of benzene rings is 1. The van der Waals surface area contributed by atoms with Gasteiger partial charge in [-0.05, 0) is 25.0 Å². The largest absolute Gasteiger partial charge is 0.389 e. The van der Waals surface area contributed by atoms with Gasteiger partial charge in [0.2, 0.25) is 10.0 Å². The Hall–Kier alpha value is -0.690. The number of sulfonamides is 1. The molecule has 1 aliphatic heterocycles. The van der Waals surface area contributed by atoms with Crippen LogP contribution in [0.25, 0.3) is 0 Å². The van der Waals surface area contributed by atoms with Gasteiger partial charge in [-0.25, -0.2) is 8.42 Å². The minimum absolute atomic E-state index is 0.117. The molecule has 2 N–H and O–H groups in total. The Balaban J connectivity index is 2.42. The summed E-state index contributed by atoms with van der Waals surface area (Å²) in [5, 5.41) is 0.159. The van der Waals surface area contributed by atoms with Gasteiger partial charge >= 0.3 is 0 Å². The smallest absolute Gasteiger partial charge is 0.244 e. The number of rotatable bonds is 3. The molecule has 1 aliphatic rings. The van der Waals surface area contributed by atoms with Crippen LogP contribution in [-0.4, -0.2) is 30.8 Å². The van der Waals surface area contributed by atoms with Gasteiger partial charge < -0.3 is 5.73 Å². The van der Waals surface area contributed by atoms with E-state index in [2.05, 4.69) is 0 Å². The molecule has 1 heterocycles. The monoisotopic (exact) mass is 304 g/mol. The lowest BCUT2D eigenvalue weighted by Crippen LogP contribution is -2.28. The van der Waals surface area contributed by atoms with Gasteiger partial charge in [-0.3, -0.25) is 0 Å². The summed E-state index contributed by atoms with van der Waals surface area (Å²) in [7, 11) is -3.49. The van der Waals surface area contributed by atoms with Gasteiger partial charge in [0.1, 0.15) is 9.88 Å². The van der Waals surface area contributed by atoms with Crippen LogP contribution in [0, 0.1) is 0 Å². The molecule has 7 heteroatoms. The van der Waals surface area contributed by atoms with Crippen molar-refractivity contribution in [1.82, 2.24) is 4.31 Å². The first-order valence-electron chi connectivity index (χ1n) is 5.52. The summed E-state index contributed by atoms with van der Waals surface area (Å²) >= 11 is 10.8. The SMILES string of the molecule is NC(=S)c1ccc(S(=O)(=O)N2CCCC2)c(Cl)c1. The van der Waals surface area contributed by atoms with E-state index in [0.717, 1.165) is 12.8 Å². The van der Waals surface area contributed by atoms with Crippen molar-refractivity contribution in [3.05, 3.63) is 28.8 Å². The molecule has 1 aromatic rings. The predicted octanol–water partition coefficient (Wildman–Crippen LogP) is 1.76. The third kappa shape index (κ3) is 2.51. The maximum absolute atomic E-state index is 12.3. The molecular weight excluding hydrogens is 292 g/mol. The van der Waals surface area contributed by atoms with Crippen LogP contribution in [0.2, 0.25) is 5.02 Å². The molecule has 0 amide bonds. The van der Waals surface area contributed by atoms with Crippen molar-refractivity contribution < 1.29 is 8.42 Å². The van der Waals surface area contributed by atoms with E-state index in [4.69, 9.17) is 29.6 Å². The Kier molecular flexibility index (Phi) is 3.91. The molecule has 0 spiro atoms. The normalized spacial score (nSPS) is 16.9. The molecule has 0 unspecified atom stereocenters. The number of hydrogen-bond donors (Lipinski definition) is 1. The van der Waals surface area contributed by atoms with Crippen molar-refractivity contribution >= 4 is 38.8 Å². The molecule has 1 fully saturated rings. The van der Waals surface area contributed by atoms with Gasteiger partial charge in [0.25, 0.3) is 0 Å². The molecule has 98 valence electrons. The summed E-state index contributed by atoms with van der Waals surface area (Å²) in [6, 6.07) is 4.54. The average molecular weight is 305 g/mol. The fraction of sp³-hybridized carbons (Fsp3) is 0.364. The summed E-state index contributed by atoms with van der Waals surface area (Å²) in [5.41, 5.74) is 6.04. The zero-order valence-electron chi connectivity index (χ0n) is 9.60. The van der Waals surface area contributed by atoms with Crippen molar-refractivity contribution in [3.8, 4) is 0 Å². The van der Waals surface area contributed by atoms with Crippen molar-refractivity contribution in [2.75, 3.05) is 13.1 Å². The first-order valence-corrected chi connectivity index (χ1v) is 7.75. The standard InChI is InChI=1S/C11H13ClN2O2S2/c12-9-7-8(11(13)17)3-4-10(9)18(15,16)14-5-1-2-6-14/h3-4,7H,1-2,5-6H2,(H2,13,17). The number of nitrogens with two attached hydrogens (primary N) is 1. The Morgan fingerprint density at radius 2 is 1.94 bits per heavy atom. The summed E-state index contributed by atoms with van der Waals surface area (Å²) < 4.78 is 26.1. The summed E-state index contributed by atoms with van der Waals surface area (Å²) in [5.74, 6) is 0. The molecule has 0 aromatic heterocycles. The molecule has 2 rings (SSSR count). The van der Waals surface area contributed by atoms with Crippen LogP contribution in [0.1, 0.15) is 18.4 Å². The van der Waals surface area contributed by atoms with Crippen molar-refractivity contribution in [2.24, 2.45) is 5.73 Å². The van der Waals surface area contributed by atoms with E-state index in [1.165, 1.54) is 16.4 Å². The Morgan fingerprint density at radius 3 is 2.44 bits per heavy atom. The Morgan fingerprint density at radius 1 is 1.33 bits per heavy atom. The third-order valence-electron chi connectivity index (χ3n) is 2.90. The number of thiocarbonyl (C=S) groups is 1. The molecule has 18 heavy (non-hydrogen) atoms. The summed E-state index contributed by atoms with van der Waals surface area (Å²) in [4.78, 5) is 0.313. The molecule has 4 nitrogen and oxygen atoms in total. The molecule has 0 bridgehead atoms. The van der Waals surface area contributed by atoms with E-state index in [1.807, 2.05) is 0 Å². The lowest BCUT2D eigenvalue weighted by Gasteiger charge is -2.16. The van der Waals surface area contributed by atoms with E-state index >= 15 is 0 Å². The van der Waals surface area contributed by atoms with E-state index < -0.39 is 10.0 Å². The maximum atomic E-state index is 12.3. The van der Waals surface area contributed by atoms with Crippen LogP contribution in [0.3, 0.4) is 0 Å². The predicted molar refractivity (Wildman–Crippen MR) is 75.3 cm³/mol. The Labute approximate surface area is 117 Å². The summed E-state index contributed by atoms with van der Waals surface area (Å²) in [6.45, 7) is 1.10. The van der Waals surface area contributed by atoms with Crippen LogP contribution in [0.15, 0.2) is 23.1 Å². The topological polar surface area (TPSA) is 63.4 Å². The van der Waals surface area contributed by atoms with Gasteiger partial charge in [-0.2, -0.15) is 4.31 Å². The van der Waals surface area contributed by atoms with E-state index in [0.29, 0.717) is 18.7 Å². The molecule has 0 radical (unpaired) electrons. The fourth-order valence-electron chi connectivity index (χ4n) is 1.93. The highest BCUT2D eigenvalue weighted by Crippen LogP contribution is 2.27. The molecule has 0 saturated carbocycles. The molecule has 0 atom stereocenters. The minimum atomic E-state index is -3.49. The van der Waals surface area contributed by atoms with Gasteiger partial charge in [-0.15, -0.1) is 0 Å². The molecule has 1 aromatic carbocycles. The van der Waals surface area contributed by atoms with Gasteiger partial charge in [0, 0.05) is 18.7 Å². The van der Waals surface area contributed by atoms with Gasteiger partial charge in [0.05, 0.1) is 5.02 Å². The van der Waals surface area contributed by atoms with E-state index in [9.17, 15) is 8.42 Å². The van der Waals surface area contributed by atoms with Crippen LogP contribution >= 0.6 is 23.8 Å². The highest BCUT2D eigenvalue weighted by Gasteiger charge is 2.29. The fourth-order valence-corrected chi connectivity index (χ4v) is 4.09. The molecule has 1 saturated heterocycles. The highest BCUT2D eigenvalue weighted by atomic mass is 35.5. The lowest BCUT2D eigenvalue weighted by molar-refractivity contribution is 0.477. The first kappa shape index (κ1) is 13.7. The average Bonchev–Trinajstić information content (AvgIpc) is 2.82. The lowest BCUT2D eigenvalue weighted by atomic mass is 10.2. The number of halogens is 1. The van der Waals surface area contributed by atoms with E-state index in [1.54, 1.807) is 6.07 Å². The van der Waals surface area contributed by atoms with E-state index in [-0.39, 0.29) is 14.9 Å². The second-order valence-electron chi connectivity index (χ2n) is 4.12. The third-order valence-corrected chi connectivity index (χ3v) is 5.52. The van der Waals surface area contributed by atoms with Crippen LogP contribution in [0.5, 0.6) is 0 Å². The minimum Gasteiger partial charge on any atom is -0.389 e. The van der Waals surface area contributed by atoms with Crippen molar-refractivity contribution in [3.63, 3.8) is 0 Å². The van der Waals surface area contributed by atoms with Gasteiger partial charge in [0.15, 0.2) is 0 Å². The molecular formula is C11H13ClN2O2S2. The van der Waals surface area contributed by atoms with Crippen LogP contribution in [-0.2, 0) is 10.0 Å². The van der Waals surface area contributed by atoms with Gasteiger partial charge in [-0.1, -0.05) is 29.9 Å². The maximum Gasteiger partial charge on any atom is 0.244 e. The number of hydrogen-bond acceptors (Lipinski definition) is 3. The second-order valence-corrected chi connectivity index (χ2v) is 6.87. The summed E-state index contributed by atoms with van der Waals surface area (Å²) in [6.07, 6.45) is 1.78. The zero-order valence-corrected chi connectivity index (χ0v) is 12.0. The van der Waals surface area contributed by atoms with Crippen molar-refractivity contribution in [1.29, 1.82) is 0 Å². The van der Waals surface area contributed by atoms with Crippen LogP contribution < -0.4 is 5.73 Å². The van der Waals surface area contributed by atoms with Crippen LogP contribution in [0.4, 0.5) is 0 Å². The highest BCUT2D eigenvalue weighted by molar-refractivity contribution is 7.89.